The Balaban J connectivity index is 0.000000623. The third-order valence-electron chi connectivity index (χ3n) is 7.42. The van der Waals surface area contributed by atoms with Gasteiger partial charge in [0.1, 0.15) is 6.26 Å². The standard InChI is InChI=1S/C26H36N2O2.C3H6O2/c29-25(27-17-8-7-12-20-10-3-1-4-11-20)24-19-30-26(28-24)23-16-9-15-22(23)18-21-13-5-2-6-14-21;1-2-3(4)5/h2,5-6,13-14,19-20,22-23H,1,3-4,7-12,15-18H2,(H,27,29);2H2,1H3,(H,4,5)/t22-,23-;/m0./s1. The van der Waals surface area contributed by atoms with Crippen molar-refractivity contribution in [3.05, 3.63) is 53.7 Å². The fourth-order valence-electron chi connectivity index (χ4n) is 5.41. The Morgan fingerprint density at radius 3 is 2.49 bits per heavy atom. The van der Waals surface area contributed by atoms with Gasteiger partial charge in [0.2, 0.25) is 0 Å². The molecule has 2 N–H and O–H groups in total. The molecule has 2 aromatic rings. The SMILES string of the molecule is CCC(=O)O.O=C(NCCCCC1CCCCC1)c1coc([C@H]2CCC[C@H]2Cc2ccccc2)n1. The highest BCUT2D eigenvalue weighted by molar-refractivity contribution is 5.91. The van der Waals surface area contributed by atoms with Crippen LogP contribution in [0.4, 0.5) is 0 Å². The number of rotatable bonds is 10. The first kappa shape index (κ1) is 27.0. The van der Waals surface area contributed by atoms with Crippen LogP contribution in [-0.2, 0) is 11.2 Å². The van der Waals surface area contributed by atoms with Crippen LogP contribution in [0, 0.1) is 11.8 Å². The fraction of sp³-hybridized carbons (Fsp3) is 0.621. The van der Waals surface area contributed by atoms with Crippen molar-refractivity contribution < 1.29 is 19.1 Å². The highest BCUT2D eigenvalue weighted by Crippen LogP contribution is 2.41. The molecule has 6 heteroatoms. The Kier molecular flexibility index (Phi) is 11.3. The van der Waals surface area contributed by atoms with Crippen LogP contribution >= 0.6 is 0 Å². The van der Waals surface area contributed by atoms with Gasteiger partial charge >= 0.3 is 5.97 Å². The lowest BCUT2D eigenvalue weighted by Gasteiger charge is -2.21. The smallest absolute Gasteiger partial charge is 0.303 e. The molecule has 1 aromatic carbocycles. The van der Waals surface area contributed by atoms with Crippen LogP contribution in [0.15, 0.2) is 41.0 Å². The molecule has 0 bridgehead atoms. The fourth-order valence-corrected chi connectivity index (χ4v) is 5.41. The van der Waals surface area contributed by atoms with Crippen molar-refractivity contribution in [2.45, 2.75) is 96.3 Å². The van der Waals surface area contributed by atoms with Crippen molar-refractivity contribution in [2.24, 2.45) is 11.8 Å². The van der Waals surface area contributed by atoms with Crippen LogP contribution in [-0.4, -0.2) is 28.5 Å². The maximum absolute atomic E-state index is 12.5. The number of nitrogens with one attached hydrogen (secondary N) is 1. The number of hydrogen-bond acceptors (Lipinski definition) is 4. The predicted molar refractivity (Wildman–Crippen MR) is 137 cm³/mol. The maximum atomic E-state index is 12.5. The molecule has 4 rings (SSSR count). The lowest BCUT2D eigenvalue weighted by Crippen LogP contribution is -2.25. The summed E-state index contributed by atoms with van der Waals surface area (Å²) in [5.74, 6) is 1.69. The zero-order valence-electron chi connectivity index (χ0n) is 21.2. The number of nitrogens with zero attached hydrogens (tertiary/aromatic N) is 1. The molecule has 35 heavy (non-hydrogen) atoms. The minimum absolute atomic E-state index is 0.0970. The number of aromatic nitrogens is 1. The highest BCUT2D eigenvalue weighted by atomic mass is 16.4. The van der Waals surface area contributed by atoms with Gasteiger partial charge in [0.15, 0.2) is 11.6 Å². The molecule has 1 heterocycles. The van der Waals surface area contributed by atoms with Crippen LogP contribution in [0.2, 0.25) is 0 Å². The number of unbranched alkanes of at least 4 members (excludes halogenated alkanes) is 1. The van der Waals surface area contributed by atoms with Crippen molar-refractivity contribution in [1.29, 1.82) is 0 Å². The molecule has 2 aliphatic rings. The molecule has 2 atom stereocenters. The first-order valence-electron chi connectivity index (χ1n) is 13.6. The summed E-state index contributed by atoms with van der Waals surface area (Å²) in [5.41, 5.74) is 1.80. The molecule has 2 aliphatic carbocycles. The number of carboxylic acid groups (broad SMARTS) is 1. The number of aliphatic carboxylic acids is 1. The summed E-state index contributed by atoms with van der Waals surface area (Å²) in [4.78, 5) is 26.4. The van der Waals surface area contributed by atoms with E-state index in [0.717, 1.165) is 37.6 Å². The monoisotopic (exact) mass is 482 g/mol. The number of carboxylic acids is 1. The van der Waals surface area contributed by atoms with Crippen molar-refractivity contribution in [2.75, 3.05) is 6.54 Å². The number of hydrogen-bond donors (Lipinski definition) is 2. The maximum Gasteiger partial charge on any atom is 0.303 e. The molecule has 6 nitrogen and oxygen atoms in total. The number of oxazole rings is 1. The third-order valence-corrected chi connectivity index (χ3v) is 7.42. The van der Waals surface area contributed by atoms with Crippen molar-refractivity contribution in [3.63, 3.8) is 0 Å². The molecule has 2 saturated carbocycles. The van der Waals surface area contributed by atoms with Crippen LogP contribution < -0.4 is 5.32 Å². The lowest BCUT2D eigenvalue weighted by atomic mass is 9.86. The summed E-state index contributed by atoms with van der Waals surface area (Å²) in [6, 6.07) is 10.6. The van der Waals surface area contributed by atoms with Crippen LogP contribution in [0.1, 0.15) is 112 Å². The topological polar surface area (TPSA) is 92.4 Å². The Bertz CT molecular complexity index is 889. The Labute approximate surface area is 209 Å². The van der Waals surface area contributed by atoms with Gasteiger partial charge in [-0.25, -0.2) is 4.98 Å². The van der Waals surface area contributed by atoms with Gasteiger partial charge in [-0.1, -0.05) is 88.6 Å². The average molecular weight is 483 g/mol. The van der Waals surface area contributed by atoms with Crippen LogP contribution in [0.5, 0.6) is 0 Å². The molecule has 192 valence electrons. The summed E-state index contributed by atoms with van der Waals surface area (Å²) in [7, 11) is 0. The van der Waals surface area contributed by atoms with E-state index in [1.807, 2.05) is 0 Å². The van der Waals surface area contributed by atoms with Gasteiger partial charge in [-0.3, -0.25) is 9.59 Å². The van der Waals surface area contributed by atoms with E-state index in [4.69, 9.17) is 9.52 Å². The third kappa shape index (κ3) is 9.15. The Morgan fingerprint density at radius 1 is 1.03 bits per heavy atom. The minimum Gasteiger partial charge on any atom is -0.481 e. The molecule has 0 radical (unpaired) electrons. The zero-order chi connectivity index (χ0) is 24.9. The summed E-state index contributed by atoms with van der Waals surface area (Å²) in [6.07, 6.45) is 16.9. The number of benzene rings is 1. The molecule has 0 saturated heterocycles. The van der Waals surface area contributed by atoms with E-state index in [-0.39, 0.29) is 12.3 Å². The zero-order valence-corrected chi connectivity index (χ0v) is 21.2. The second-order valence-corrected chi connectivity index (χ2v) is 10.1. The Hall–Kier alpha value is -2.63. The molecular weight excluding hydrogens is 440 g/mol. The van der Waals surface area contributed by atoms with Crippen LogP contribution in [0.25, 0.3) is 0 Å². The quantitative estimate of drug-likeness (QED) is 0.365. The van der Waals surface area contributed by atoms with E-state index in [9.17, 15) is 9.59 Å². The lowest BCUT2D eigenvalue weighted by molar-refractivity contribution is -0.136. The van der Waals surface area contributed by atoms with Gasteiger partial charge in [-0.15, -0.1) is 0 Å². The van der Waals surface area contributed by atoms with Crippen LogP contribution in [0.3, 0.4) is 0 Å². The van der Waals surface area contributed by atoms with Gasteiger partial charge < -0.3 is 14.8 Å². The second kappa shape index (κ2) is 14.7. The molecule has 0 spiro atoms. The van der Waals surface area contributed by atoms with Gasteiger partial charge in [0.25, 0.3) is 5.91 Å². The van der Waals surface area contributed by atoms with E-state index < -0.39 is 5.97 Å². The number of amides is 1. The molecular formula is C29H42N2O4. The van der Waals surface area contributed by atoms with Gasteiger partial charge in [0, 0.05) is 18.9 Å². The van der Waals surface area contributed by atoms with Gasteiger partial charge in [0.05, 0.1) is 0 Å². The summed E-state index contributed by atoms with van der Waals surface area (Å²) in [5, 5.41) is 10.8. The van der Waals surface area contributed by atoms with E-state index in [1.165, 1.54) is 63.4 Å². The van der Waals surface area contributed by atoms with Crippen molar-refractivity contribution in [3.8, 4) is 0 Å². The van der Waals surface area contributed by atoms with E-state index in [0.29, 0.717) is 17.5 Å². The molecule has 0 unspecified atom stereocenters. The number of carbonyl (C=O) groups is 2. The van der Waals surface area contributed by atoms with E-state index in [2.05, 4.69) is 40.6 Å². The minimum atomic E-state index is -0.745. The first-order chi connectivity index (χ1) is 17.1. The average Bonchev–Trinajstić information content (AvgIpc) is 3.55. The normalized spacial score (nSPS) is 20.1. The van der Waals surface area contributed by atoms with Gasteiger partial charge in [-0.05, 0) is 43.1 Å². The Morgan fingerprint density at radius 2 is 1.77 bits per heavy atom. The largest absolute Gasteiger partial charge is 0.481 e. The molecule has 2 fully saturated rings. The first-order valence-corrected chi connectivity index (χ1v) is 13.6. The molecule has 0 aliphatic heterocycles. The van der Waals surface area contributed by atoms with Gasteiger partial charge in [-0.2, -0.15) is 0 Å². The molecule has 1 aromatic heterocycles. The van der Waals surface area contributed by atoms with Crippen molar-refractivity contribution in [1.82, 2.24) is 10.3 Å². The van der Waals surface area contributed by atoms with E-state index in [1.54, 1.807) is 13.2 Å². The number of carbonyl (C=O) groups excluding carboxylic acids is 1. The van der Waals surface area contributed by atoms with Crippen molar-refractivity contribution >= 4 is 11.9 Å². The summed E-state index contributed by atoms with van der Waals surface area (Å²) >= 11 is 0. The summed E-state index contributed by atoms with van der Waals surface area (Å²) < 4.78 is 5.77. The second-order valence-electron chi connectivity index (χ2n) is 10.1. The summed E-state index contributed by atoms with van der Waals surface area (Å²) in [6.45, 7) is 2.33. The molecule has 1 amide bonds. The van der Waals surface area contributed by atoms with E-state index >= 15 is 0 Å². The highest BCUT2D eigenvalue weighted by Gasteiger charge is 2.32. The predicted octanol–water partition coefficient (Wildman–Crippen LogP) is 6.76.